The van der Waals surface area contributed by atoms with Crippen LogP contribution in [0.2, 0.25) is 0 Å². The molecule has 1 aromatic carbocycles. The number of nitrogen functional groups attached to an aromatic ring is 1. The minimum absolute atomic E-state index is 0.0860. The monoisotopic (exact) mass is 234 g/mol. The Morgan fingerprint density at radius 3 is 2.53 bits per heavy atom. The highest BCUT2D eigenvalue weighted by atomic mass is 16.5. The Labute approximate surface area is 104 Å². The van der Waals surface area contributed by atoms with Gasteiger partial charge >= 0.3 is 0 Å². The number of para-hydroxylation sites is 1. The van der Waals surface area contributed by atoms with Crippen molar-refractivity contribution < 1.29 is 4.74 Å². The predicted octanol–water partition coefficient (Wildman–Crippen LogP) is 1.88. The molecule has 17 heavy (non-hydrogen) atoms. The fraction of sp³-hybridized carbons (Fsp3) is 0.571. The van der Waals surface area contributed by atoms with Crippen molar-refractivity contribution in [1.29, 1.82) is 0 Å². The lowest BCUT2D eigenvalue weighted by Crippen LogP contribution is -2.43. The molecule has 1 fully saturated rings. The average Bonchev–Trinajstić information content (AvgIpc) is 2.30. The number of anilines is 1. The van der Waals surface area contributed by atoms with E-state index in [1.54, 1.807) is 0 Å². The van der Waals surface area contributed by atoms with Gasteiger partial charge in [-0.1, -0.05) is 32.0 Å². The van der Waals surface area contributed by atoms with Crippen LogP contribution in [0.25, 0.3) is 0 Å². The van der Waals surface area contributed by atoms with E-state index in [9.17, 15) is 0 Å². The lowest BCUT2D eigenvalue weighted by molar-refractivity contribution is 0.0296. The molecule has 3 heteroatoms. The summed E-state index contributed by atoms with van der Waals surface area (Å²) in [5, 5.41) is 0. The lowest BCUT2D eigenvalue weighted by atomic mass is 9.83. The largest absolute Gasteiger partial charge is 0.398 e. The SMILES string of the molecule is CC(C)(CN1CCOCC1)c1ccccc1N. The molecule has 0 spiro atoms. The van der Waals surface area contributed by atoms with E-state index in [0.29, 0.717) is 0 Å². The molecular formula is C14H22N2O. The summed E-state index contributed by atoms with van der Waals surface area (Å²) in [4.78, 5) is 2.45. The van der Waals surface area contributed by atoms with Crippen LogP contribution in [-0.2, 0) is 10.2 Å². The van der Waals surface area contributed by atoms with Crippen molar-refractivity contribution in [3.8, 4) is 0 Å². The van der Waals surface area contributed by atoms with E-state index in [4.69, 9.17) is 10.5 Å². The van der Waals surface area contributed by atoms with Crippen LogP contribution in [0, 0.1) is 0 Å². The predicted molar refractivity (Wildman–Crippen MR) is 71.1 cm³/mol. The van der Waals surface area contributed by atoms with Crippen molar-refractivity contribution in [2.45, 2.75) is 19.3 Å². The number of rotatable bonds is 3. The Kier molecular flexibility index (Phi) is 3.69. The van der Waals surface area contributed by atoms with E-state index in [0.717, 1.165) is 38.5 Å². The molecule has 2 rings (SSSR count). The summed E-state index contributed by atoms with van der Waals surface area (Å²) in [5.41, 5.74) is 8.29. The van der Waals surface area contributed by atoms with Gasteiger partial charge in [-0.2, -0.15) is 0 Å². The number of hydrogen-bond acceptors (Lipinski definition) is 3. The summed E-state index contributed by atoms with van der Waals surface area (Å²) in [7, 11) is 0. The molecule has 1 saturated heterocycles. The van der Waals surface area contributed by atoms with Crippen LogP contribution in [0.4, 0.5) is 5.69 Å². The normalized spacial score (nSPS) is 18.2. The van der Waals surface area contributed by atoms with Gasteiger partial charge in [0.15, 0.2) is 0 Å². The number of ether oxygens (including phenoxy) is 1. The molecule has 1 aliphatic rings. The van der Waals surface area contributed by atoms with Crippen LogP contribution in [0.15, 0.2) is 24.3 Å². The topological polar surface area (TPSA) is 38.5 Å². The van der Waals surface area contributed by atoms with Crippen LogP contribution in [0.3, 0.4) is 0 Å². The zero-order valence-corrected chi connectivity index (χ0v) is 10.8. The number of benzene rings is 1. The quantitative estimate of drug-likeness (QED) is 0.812. The van der Waals surface area contributed by atoms with Gasteiger partial charge in [0.2, 0.25) is 0 Å². The van der Waals surface area contributed by atoms with Gasteiger partial charge in [0, 0.05) is 30.7 Å². The maximum atomic E-state index is 6.07. The van der Waals surface area contributed by atoms with Crippen molar-refractivity contribution >= 4 is 5.69 Å². The van der Waals surface area contributed by atoms with Gasteiger partial charge in [-0.3, -0.25) is 4.90 Å². The Morgan fingerprint density at radius 2 is 1.88 bits per heavy atom. The van der Waals surface area contributed by atoms with Gasteiger partial charge in [0.1, 0.15) is 0 Å². The Balaban J connectivity index is 2.10. The first-order valence-corrected chi connectivity index (χ1v) is 6.25. The first-order chi connectivity index (χ1) is 8.09. The highest BCUT2D eigenvalue weighted by molar-refractivity contribution is 5.50. The highest BCUT2D eigenvalue weighted by Crippen LogP contribution is 2.29. The van der Waals surface area contributed by atoms with Crippen molar-refractivity contribution in [3.63, 3.8) is 0 Å². The molecule has 0 unspecified atom stereocenters. The summed E-state index contributed by atoms with van der Waals surface area (Å²) in [6.07, 6.45) is 0. The molecule has 0 atom stereocenters. The first kappa shape index (κ1) is 12.4. The molecule has 2 N–H and O–H groups in total. The third-order valence-corrected chi connectivity index (χ3v) is 3.41. The molecule has 0 aliphatic carbocycles. The third kappa shape index (κ3) is 2.99. The molecule has 1 aliphatic heterocycles. The van der Waals surface area contributed by atoms with Crippen LogP contribution in [0.5, 0.6) is 0 Å². The van der Waals surface area contributed by atoms with E-state index in [-0.39, 0.29) is 5.41 Å². The number of nitrogens with two attached hydrogens (primary N) is 1. The minimum Gasteiger partial charge on any atom is -0.398 e. The van der Waals surface area contributed by atoms with Gasteiger partial charge in [-0.25, -0.2) is 0 Å². The van der Waals surface area contributed by atoms with Crippen molar-refractivity contribution in [1.82, 2.24) is 4.90 Å². The molecule has 0 amide bonds. The number of morpholine rings is 1. The molecule has 1 heterocycles. The van der Waals surface area contributed by atoms with Gasteiger partial charge in [0.05, 0.1) is 13.2 Å². The van der Waals surface area contributed by atoms with Crippen LogP contribution < -0.4 is 5.73 Å². The molecule has 0 radical (unpaired) electrons. The van der Waals surface area contributed by atoms with Crippen molar-refractivity contribution in [2.75, 3.05) is 38.6 Å². The summed E-state index contributed by atoms with van der Waals surface area (Å²) >= 11 is 0. The van der Waals surface area contributed by atoms with E-state index >= 15 is 0 Å². The third-order valence-electron chi connectivity index (χ3n) is 3.41. The Bertz CT molecular complexity index is 370. The molecule has 94 valence electrons. The average molecular weight is 234 g/mol. The highest BCUT2D eigenvalue weighted by Gasteiger charge is 2.26. The summed E-state index contributed by atoms with van der Waals surface area (Å²) in [6.45, 7) is 9.29. The molecule has 0 saturated carbocycles. The summed E-state index contributed by atoms with van der Waals surface area (Å²) in [5.74, 6) is 0. The summed E-state index contributed by atoms with van der Waals surface area (Å²) in [6, 6.07) is 8.17. The second-order valence-electron chi connectivity index (χ2n) is 5.36. The van der Waals surface area contributed by atoms with Gasteiger partial charge in [-0.05, 0) is 11.6 Å². The molecule has 0 bridgehead atoms. The Morgan fingerprint density at radius 1 is 1.24 bits per heavy atom. The lowest BCUT2D eigenvalue weighted by Gasteiger charge is -2.35. The zero-order valence-electron chi connectivity index (χ0n) is 10.8. The van der Waals surface area contributed by atoms with E-state index in [2.05, 4.69) is 30.9 Å². The maximum absolute atomic E-state index is 6.07. The van der Waals surface area contributed by atoms with E-state index in [1.165, 1.54) is 5.56 Å². The van der Waals surface area contributed by atoms with Crippen LogP contribution in [0.1, 0.15) is 19.4 Å². The molecule has 3 nitrogen and oxygen atoms in total. The maximum Gasteiger partial charge on any atom is 0.0594 e. The van der Waals surface area contributed by atoms with Gasteiger partial charge in [0.25, 0.3) is 0 Å². The second-order valence-corrected chi connectivity index (χ2v) is 5.36. The minimum atomic E-state index is 0.0860. The number of hydrogen-bond donors (Lipinski definition) is 1. The zero-order chi connectivity index (χ0) is 12.3. The summed E-state index contributed by atoms with van der Waals surface area (Å²) < 4.78 is 5.38. The fourth-order valence-electron chi connectivity index (χ4n) is 2.52. The van der Waals surface area contributed by atoms with Crippen molar-refractivity contribution in [2.24, 2.45) is 0 Å². The fourth-order valence-corrected chi connectivity index (χ4v) is 2.52. The molecular weight excluding hydrogens is 212 g/mol. The van der Waals surface area contributed by atoms with Crippen LogP contribution >= 0.6 is 0 Å². The number of nitrogens with zero attached hydrogens (tertiary/aromatic N) is 1. The van der Waals surface area contributed by atoms with E-state index < -0.39 is 0 Å². The first-order valence-electron chi connectivity index (χ1n) is 6.25. The van der Waals surface area contributed by atoms with Gasteiger partial charge in [-0.15, -0.1) is 0 Å². The van der Waals surface area contributed by atoms with E-state index in [1.807, 2.05) is 12.1 Å². The van der Waals surface area contributed by atoms with Crippen LogP contribution in [-0.4, -0.2) is 37.7 Å². The van der Waals surface area contributed by atoms with Gasteiger partial charge < -0.3 is 10.5 Å². The van der Waals surface area contributed by atoms with Crippen molar-refractivity contribution in [3.05, 3.63) is 29.8 Å². The smallest absolute Gasteiger partial charge is 0.0594 e. The second kappa shape index (κ2) is 5.07. The molecule has 1 aromatic rings. The standard InChI is InChI=1S/C14H22N2O/c1-14(2,11-16-7-9-17-10-8-16)12-5-3-4-6-13(12)15/h3-6H,7-11,15H2,1-2H3. The molecule has 0 aromatic heterocycles. The Hall–Kier alpha value is -1.06.